The van der Waals surface area contributed by atoms with E-state index in [9.17, 15) is 0 Å². The Morgan fingerprint density at radius 2 is 1.60 bits per heavy atom. The van der Waals surface area contributed by atoms with Gasteiger partial charge in [0.2, 0.25) is 0 Å². The van der Waals surface area contributed by atoms with Gasteiger partial charge in [0.1, 0.15) is 0 Å². The third-order valence-corrected chi connectivity index (χ3v) is 2.55. The Balaban J connectivity index is 0.000000531. The van der Waals surface area contributed by atoms with Crippen LogP contribution in [0.25, 0.3) is 0 Å². The van der Waals surface area contributed by atoms with E-state index in [2.05, 4.69) is 61.9 Å². The van der Waals surface area contributed by atoms with Crippen LogP contribution >= 0.6 is 0 Å². The maximum absolute atomic E-state index is 7.50. The molecule has 2 aliphatic rings. The summed E-state index contributed by atoms with van der Waals surface area (Å²) in [7, 11) is 0. The van der Waals surface area contributed by atoms with Gasteiger partial charge in [-0.1, -0.05) is 0 Å². The first-order valence-corrected chi connectivity index (χ1v) is 5.20. The minimum atomic E-state index is 0.989. The van der Waals surface area contributed by atoms with Crippen LogP contribution in [-0.2, 0) is 27.0 Å². The molecule has 0 aromatic carbocycles. The molecule has 2 aliphatic carbocycles. The van der Waals surface area contributed by atoms with Gasteiger partial charge in [-0.2, -0.15) is 0 Å². The van der Waals surface area contributed by atoms with Crippen LogP contribution in [-0.4, -0.2) is 6.79 Å². The van der Waals surface area contributed by atoms with Gasteiger partial charge in [-0.15, -0.1) is 0 Å². The minimum absolute atomic E-state index is 0.989. The van der Waals surface area contributed by atoms with Crippen molar-refractivity contribution >= 4 is 6.79 Å². The number of hydrogen-bond acceptors (Lipinski definition) is 2. The summed E-state index contributed by atoms with van der Waals surface area (Å²) in [5, 5.41) is 0. The molecule has 2 rings (SSSR count). The van der Waals surface area contributed by atoms with Crippen LogP contribution in [0, 0.1) is 6.10 Å². The van der Waals surface area contributed by atoms with Crippen molar-refractivity contribution in [2.45, 2.75) is 12.8 Å². The number of allylic oxidation sites excluding steroid dienone is 6. The summed E-state index contributed by atoms with van der Waals surface area (Å²) >= 11 is 2.24. The molecular weight excluding hydrogens is 277 g/mol. The molecule has 0 amide bonds. The molecule has 0 aliphatic heterocycles. The first kappa shape index (κ1) is 12.3. The SMILES string of the molecule is [C]=O.[Ru][O][C](C1=CC=CC1)C1=CC=CC1. The van der Waals surface area contributed by atoms with Crippen molar-refractivity contribution < 1.29 is 27.0 Å². The van der Waals surface area contributed by atoms with E-state index < -0.39 is 0 Å². The molecule has 3 radical (unpaired) electrons. The van der Waals surface area contributed by atoms with Crippen molar-refractivity contribution in [3.8, 4) is 0 Å². The topological polar surface area (TPSA) is 26.3 Å². The zero-order valence-electron chi connectivity index (χ0n) is 8.05. The molecule has 0 fully saturated rings. The molecule has 0 bridgehead atoms. The standard InChI is InChI=1S/C11H10O.CO.Ru/c12-11(9-5-1-2-6-9)10-7-3-4-8-10;1-2;/h1-5,7H,6,8H2;;/q-1;;+1. The van der Waals surface area contributed by atoms with Crippen molar-refractivity contribution in [3.63, 3.8) is 0 Å². The molecule has 0 aromatic heterocycles. The predicted octanol–water partition coefficient (Wildman–Crippen LogP) is 2.37. The van der Waals surface area contributed by atoms with Gasteiger partial charge in [0.15, 0.2) is 0 Å². The Morgan fingerprint density at radius 1 is 1.13 bits per heavy atom. The van der Waals surface area contributed by atoms with Crippen molar-refractivity contribution in [2.24, 2.45) is 0 Å². The fourth-order valence-electron chi connectivity index (χ4n) is 1.53. The summed E-state index contributed by atoms with van der Waals surface area (Å²) in [6.45, 7) is 4.50. The molecule has 0 heterocycles. The monoisotopic (exact) mass is 288 g/mol. The molecule has 0 saturated carbocycles. The van der Waals surface area contributed by atoms with E-state index in [1.54, 1.807) is 0 Å². The summed E-state index contributed by atoms with van der Waals surface area (Å²) in [4.78, 5) is 7.50. The Hall–Kier alpha value is -0.787. The van der Waals surface area contributed by atoms with Crippen LogP contribution in [0.1, 0.15) is 12.8 Å². The zero-order chi connectivity index (χ0) is 11.1. The van der Waals surface area contributed by atoms with Gasteiger partial charge in [0.05, 0.1) is 0 Å². The van der Waals surface area contributed by atoms with Gasteiger partial charge in [-0.05, 0) is 0 Å². The number of hydrogen-bond donors (Lipinski definition) is 0. The molecule has 3 heteroatoms. The Bertz CT molecular complexity index is 297. The van der Waals surface area contributed by atoms with Gasteiger partial charge in [-0.3, -0.25) is 4.79 Å². The maximum atomic E-state index is 7.50. The first-order valence-electron chi connectivity index (χ1n) is 4.49. The summed E-state index contributed by atoms with van der Waals surface area (Å²) in [5.41, 5.74) is 2.54. The second kappa shape index (κ2) is 6.65. The normalized spacial score (nSPS) is 17.5. The molecule has 15 heavy (non-hydrogen) atoms. The van der Waals surface area contributed by atoms with Crippen LogP contribution in [0.15, 0.2) is 47.6 Å². The second-order valence-electron chi connectivity index (χ2n) is 3.05. The summed E-state index contributed by atoms with van der Waals surface area (Å²) in [6.07, 6.45) is 15.7. The first-order chi connectivity index (χ1) is 7.42. The van der Waals surface area contributed by atoms with E-state index in [1.165, 1.54) is 11.1 Å². The van der Waals surface area contributed by atoms with Gasteiger partial charge < -0.3 is 0 Å². The molecule has 78 valence electrons. The van der Waals surface area contributed by atoms with Gasteiger partial charge in [0.25, 0.3) is 6.79 Å². The van der Waals surface area contributed by atoms with E-state index in [0.717, 1.165) is 18.9 Å². The Labute approximate surface area is 100 Å². The third-order valence-electron chi connectivity index (χ3n) is 2.20. The van der Waals surface area contributed by atoms with E-state index in [4.69, 9.17) is 8.36 Å². The van der Waals surface area contributed by atoms with Gasteiger partial charge >= 0.3 is 88.8 Å². The van der Waals surface area contributed by atoms with Crippen molar-refractivity contribution in [2.75, 3.05) is 0 Å². The summed E-state index contributed by atoms with van der Waals surface area (Å²) in [6, 6.07) is 0. The molecule has 0 aromatic rings. The van der Waals surface area contributed by atoms with E-state index in [1.807, 2.05) is 0 Å². The predicted molar refractivity (Wildman–Crippen MR) is 53.7 cm³/mol. The molecule has 0 unspecified atom stereocenters. The van der Waals surface area contributed by atoms with Gasteiger partial charge in [0, 0.05) is 0 Å². The Kier molecular flexibility index (Phi) is 5.45. The number of carbonyl (C=O) groups excluding carboxylic acids is 1. The average molecular weight is 287 g/mol. The molecule has 0 N–H and O–H groups in total. The number of rotatable bonds is 3. The zero-order valence-corrected chi connectivity index (χ0v) is 9.79. The van der Waals surface area contributed by atoms with E-state index in [-0.39, 0.29) is 0 Å². The van der Waals surface area contributed by atoms with Crippen LogP contribution in [0.2, 0.25) is 0 Å². The van der Waals surface area contributed by atoms with Crippen LogP contribution in [0.3, 0.4) is 0 Å². The molecule has 0 saturated heterocycles. The Morgan fingerprint density at radius 3 is 1.87 bits per heavy atom. The fourth-order valence-corrected chi connectivity index (χ4v) is 1.99. The third kappa shape index (κ3) is 3.08. The van der Waals surface area contributed by atoms with Crippen molar-refractivity contribution in [3.05, 3.63) is 53.7 Å². The fraction of sp³-hybridized carbons (Fsp3) is 0.167. The average Bonchev–Trinajstić information content (AvgIpc) is 2.94. The second-order valence-corrected chi connectivity index (χ2v) is 3.40. The molecule has 2 nitrogen and oxygen atoms in total. The van der Waals surface area contributed by atoms with Gasteiger partial charge in [-0.25, -0.2) is 0 Å². The molecule has 0 atom stereocenters. The van der Waals surface area contributed by atoms with Crippen LogP contribution in [0.5, 0.6) is 0 Å². The van der Waals surface area contributed by atoms with E-state index >= 15 is 0 Å². The summed E-state index contributed by atoms with van der Waals surface area (Å²) in [5.74, 6) is 0. The molecule has 0 spiro atoms. The van der Waals surface area contributed by atoms with Crippen molar-refractivity contribution in [1.29, 1.82) is 0 Å². The quantitative estimate of drug-likeness (QED) is 0.745. The molecular formula is C12H10O2Ru. The summed E-state index contributed by atoms with van der Waals surface area (Å²) < 4.78 is 5.35. The van der Waals surface area contributed by atoms with Crippen molar-refractivity contribution in [1.82, 2.24) is 0 Å². The van der Waals surface area contributed by atoms with Crippen LogP contribution in [0.4, 0.5) is 0 Å². The van der Waals surface area contributed by atoms with E-state index in [0.29, 0.717) is 0 Å². The van der Waals surface area contributed by atoms with Crippen LogP contribution < -0.4 is 0 Å².